The molecule has 3 aromatic rings. The molecule has 1 N–H and O–H groups in total. The summed E-state index contributed by atoms with van der Waals surface area (Å²) in [4.78, 5) is 21.6. The van der Waals surface area contributed by atoms with E-state index in [1.54, 1.807) is 18.3 Å². The molecule has 0 saturated heterocycles. The number of hydrogen-bond donors (Lipinski definition) is 1. The van der Waals surface area contributed by atoms with E-state index in [-0.39, 0.29) is 5.69 Å². The number of pyridine rings is 1. The van der Waals surface area contributed by atoms with E-state index in [1.165, 1.54) is 4.40 Å². The Morgan fingerprint density at radius 2 is 2.05 bits per heavy atom. The smallest absolute Gasteiger partial charge is 0.337 e. The van der Waals surface area contributed by atoms with Crippen LogP contribution in [0.5, 0.6) is 5.75 Å². The Kier molecular flexibility index (Phi) is 2.99. The van der Waals surface area contributed by atoms with Crippen molar-refractivity contribution in [2.24, 2.45) is 0 Å². The van der Waals surface area contributed by atoms with Gasteiger partial charge in [0.05, 0.1) is 0 Å². The molecule has 0 atom stereocenters. The van der Waals surface area contributed by atoms with Gasteiger partial charge in [-0.1, -0.05) is 30.3 Å². The molecule has 0 aliphatic heterocycles. The average Bonchev–Trinajstić information content (AvgIpc) is 2.81. The van der Waals surface area contributed by atoms with E-state index in [4.69, 9.17) is 9.78 Å². The summed E-state index contributed by atoms with van der Waals surface area (Å²) in [7, 11) is 0. The minimum absolute atomic E-state index is 0.285. The Bertz CT molecular complexity index is 733. The van der Waals surface area contributed by atoms with Crippen molar-refractivity contribution in [2.75, 3.05) is 0 Å². The predicted octanol–water partition coefficient (Wildman–Crippen LogP) is 1.53. The molecule has 2 aromatic heterocycles. The summed E-state index contributed by atoms with van der Waals surface area (Å²) in [5, 5.41) is 6.18. The minimum atomic E-state index is -0.285. The van der Waals surface area contributed by atoms with Crippen LogP contribution in [0.25, 0.3) is 5.65 Å². The Morgan fingerprint density at radius 3 is 2.89 bits per heavy atom. The summed E-state index contributed by atoms with van der Waals surface area (Å²) in [6.07, 6.45) is 1.57. The molecule has 0 radical (unpaired) electrons. The van der Waals surface area contributed by atoms with Crippen LogP contribution in [0.3, 0.4) is 0 Å². The summed E-state index contributed by atoms with van der Waals surface area (Å²) >= 11 is 0. The van der Waals surface area contributed by atoms with Gasteiger partial charge >= 0.3 is 5.69 Å². The highest BCUT2D eigenvalue weighted by Gasteiger charge is 2.02. The summed E-state index contributed by atoms with van der Waals surface area (Å²) in [6.45, 7) is 0.347. The number of benzene rings is 1. The molecular formula is C13H11N3O3. The normalized spacial score (nSPS) is 10.7. The third-order valence-electron chi connectivity index (χ3n) is 2.61. The minimum Gasteiger partial charge on any atom is -0.337 e. The van der Waals surface area contributed by atoms with E-state index in [0.29, 0.717) is 18.0 Å². The van der Waals surface area contributed by atoms with E-state index in [9.17, 15) is 4.79 Å². The number of H-pyrrole nitrogens is 1. The maximum atomic E-state index is 11.3. The first-order valence-corrected chi connectivity index (χ1v) is 5.73. The Morgan fingerprint density at radius 1 is 1.21 bits per heavy atom. The first kappa shape index (κ1) is 11.5. The molecule has 96 valence electrons. The molecule has 0 bridgehead atoms. The van der Waals surface area contributed by atoms with Gasteiger partial charge in [-0.15, -0.1) is 0 Å². The predicted molar refractivity (Wildman–Crippen MR) is 67.7 cm³/mol. The standard InChI is InChI=1S/C13H11N3O3/c17-13-15-14-12-8-11(6-7-16(12)13)19-18-9-10-4-2-1-3-5-10/h1-8H,9H2,(H,15,17). The van der Waals surface area contributed by atoms with Crippen LogP contribution in [-0.2, 0) is 11.5 Å². The van der Waals surface area contributed by atoms with Crippen molar-refractivity contribution in [3.8, 4) is 5.75 Å². The molecule has 6 heteroatoms. The van der Waals surface area contributed by atoms with Gasteiger partial charge in [0.1, 0.15) is 6.61 Å². The summed E-state index contributed by atoms with van der Waals surface area (Å²) in [5.74, 6) is 0.488. The van der Waals surface area contributed by atoms with Crippen molar-refractivity contribution in [3.63, 3.8) is 0 Å². The number of nitrogens with zero attached hydrogens (tertiary/aromatic N) is 2. The van der Waals surface area contributed by atoms with Gasteiger partial charge in [-0.3, -0.25) is 4.40 Å². The van der Waals surface area contributed by atoms with Gasteiger partial charge in [0.25, 0.3) is 0 Å². The van der Waals surface area contributed by atoms with Gasteiger partial charge in [-0.05, 0) is 5.56 Å². The molecule has 0 aliphatic rings. The molecule has 0 saturated carbocycles. The van der Waals surface area contributed by atoms with Crippen molar-refractivity contribution >= 4 is 5.65 Å². The maximum absolute atomic E-state index is 11.3. The van der Waals surface area contributed by atoms with E-state index in [1.807, 2.05) is 30.3 Å². The Balaban J connectivity index is 1.67. The van der Waals surface area contributed by atoms with E-state index >= 15 is 0 Å². The molecule has 3 rings (SSSR count). The summed E-state index contributed by atoms with van der Waals surface area (Å²) < 4.78 is 1.38. The van der Waals surface area contributed by atoms with Gasteiger partial charge in [0.2, 0.25) is 0 Å². The number of aromatic amines is 1. The number of fused-ring (bicyclic) bond motifs is 1. The molecule has 1 aromatic carbocycles. The number of rotatable bonds is 4. The number of aromatic nitrogens is 3. The quantitative estimate of drug-likeness (QED) is 0.568. The fourth-order valence-electron chi connectivity index (χ4n) is 1.68. The summed E-state index contributed by atoms with van der Waals surface area (Å²) in [6, 6.07) is 12.9. The van der Waals surface area contributed by atoms with Gasteiger partial charge in [-0.25, -0.2) is 9.89 Å². The zero-order valence-electron chi connectivity index (χ0n) is 9.95. The lowest BCUT2D eigenvalue weighted by atomic mass is 10.2. The Hall–Kier alpha value is -2.60. The van der Waals surface area contributed by atoms with Crippen LogP contribution in [0.2, 0.25) is 0 Å². The topological polar surface area (TPSA) is 68.6 Å². The molecule has 0 unspecified atom stereocenters. The first-order valence-electron chi connectivity index (χ1n) is 5.73. The second-order valence-corrected chi connectivity index (χ2v) is 3.95. The van der Waals surface area contributed by atoms with Crippen LogP contribution < -0.4 is 10.6 Å². The van der Waals surface area contributed by atoms with Crippen molar-refractivity contribution in [1.82, 2.24) is 14.6 Å². The molecule has 0 spiro atoms. The second-order valence-electron chi connectivity index (χ2n) is 3.95. The highest BCUT2D eigenvalue weighted by molar-refractivity contribution is 5.42. The molecular weight excluding hydrogens is 246 g/mol. The molecule has 19 heavy (non-hydrogen) atoms. The third-order valence-corrected chi connectivity index (χ3v) is 2.61. The second kappa shape index (κ2) is 4.95. The van der Waals surface area contributed by atoms with E-state index < -0.39 is 0 Å². The van der Waals surface area contributed by atoms with Gasteiger partial charge in [0.15, 0.2) is 11.4 Å². The zero-order valence-corrected chi connectivity index (χ0v) is 9.95. The molecule has 6 nitrogen and oxygen atoms in total. The molecule has 0 amide bonds. The highest BCUT2D eigenvalue weighted by Crippen LogP contribution is 2.12. The van der Waals surface area contributed by atoms with Crippen LogP contribution >= 0.6 is 0 Å². The average molecular weight is 257 g/mol. The highest BCUT2D eigenvalue weighted by atomic mass is 17.2. The van der Waals surface area contributed by atoms with Crippen LogP contribution in [-0.4, -0.2) is 14.6 Å². The van der Waals surface area contributed by atoms with Crippen molar-refractivity contribution in [1.29, 1.82) is 0 Å². The van der Waals surface area contributed by atoms with Gasteiger partial charge < -0.3 is 4.89 Å². The van der Waals surface area contributed by atoms with E-state index in [0.717, 1.165) is 5.56 Å². The Labute approximate surface area is 108 Å². The lowest BCUT2D eigenvalue weighted by Crippen LogP contribution is -2.08. The number of nitrogens with one attached hydrogen (secondary N) is 1. The fraction of sp³-hybridized carbons (Fsp3) is 0.0769. The monoisotopic (exact) mass is 257 g/mol. The third kappa shape index (κ3) is 2.48. The van der Waals surface area contributed by atoms with Crippen molar-refractivity contribution in [2.45, 2.75) is 6.61 Å². The lowest BCUT2D eigenvalue weighted by molar-refractivity contribution is -0.217. The van der Waals surface area contributed by atoms with Crippen LogP contribution in [0.1, 0.15) is 5.56 Å². The van der Waals surface area contributed by atoms with Crippen molar-refractivity contribution < 1.29 is 9.78 Å². The summed E-state index contributed by atoms with van der Waals surface area (Å²) in [5.41, 5.74) is 1.21. The first-order chi connectivity index (χ1) is 9.33. The molecule has 0 fully saturated rings. The fourth-order valence-corrected chi connectivity index (χ4v) is 1.68. The molecule has 0 aliphatic carbocycles. The number of hydrogen-bond acceptors (Lipinski definition) is 4. The SMILES string of the molecule is O=c1[nH]nc2cc(OOCc3ccccc3)ccn12. The van der Waals surface area contributed by atoms with Gasteiger partial charge in [0, 0.05) is 18.3 Å². The van der Waals surface area contributed by atoms with E-state index in [2.05, 4.69) is 10.2 Å². The maximum Gasteiger partial charge on any atom is 0.347 e. The lowest BCUT2D eigenvalue weighted by Gasteiger charge is -2.04. The van der Waals surface area contributed by atoms with Crippen LogP contribution in [0, 0.1) is 0 Å². The zero-order chi connectivity index (χ0) is 13.1. The van der Waals surface area contributed by atoms with Crippen LogP contribution in [0.15, 0.2) is 53.5 Å². The van der Waals surface area contributed by atoms with Crippen LogP contribution in [0.4, 0.5) is 0 Å². The van der Waals surface area contributed by atoms with Gasteiger partial charge in [-0.2, -0.15) is 9.99 Å². The molecule has 2 heterocycles. The van der Waals surface area contributed by atoms with Crippen molar-refractivity contribution in [3.05, 3.63) is 64.7 Å². The largest absolute Gasteiger partial charge is 0.347 e.